The maximum absolute atomic E-state index is 11.8. The van der Waals surface area contributed by atoms with E-state index in [9.17, 15) is 14.4 Å². The average molecular weight is 310 g/mol. The third-order valence-electron chi connectivity index (χ3n) is 3.54. The highest BCUT2D eigenvalue weighted by Gasteiger charge is 2.27. The van der Waals surface area contributed by atoms with Crippen molar-refractivity contribution in [2.24, 2.45) is 5.92 Å². The monoisotopic (exact) mass is 310 g/mol. The van der Waals surface area contributed by atoms with Gasteiger partial charge in [0.1, 0.15) is 0 Å². The molecule has 2 amide bonds. The second kappa shape index (κ2) is 7.21. The molecule has 1 heterocycles. The van der Waals surface area contributed by atoms with Crippen LogP contribution in [0, 0.1) is 5.92 Å². The molecule has 21 heavy (non-hydrogen) atoms. The number of carbonyl (C=O) groups excluding carboxylic acids is 2. The van der Waals surface area contributed by atoms with Crippen LogP contribution in [-0.4, -0.2) is 35.5 Å². The Labute approximate surface area is 126 Å². The quantitative estimate of drug-likeness (QED) is 0.762. The number of carbonyl (C=O) groups is 3. The first-order valence-electron chi connectivity index (χ1n) is 6.90. The number of aliphatic carboxylic acids is 1. The highest BCUT2D eigenvalue weighted by Crippen LogP contribution is 2.24. The SMILES string of the molecule is O=C(CNC(=O)c1cccs1)NC1CCCC(C(=O)O)C1. The van der Waals surface area contributed by atoms with Gasteiger partial charge in [0.2, 0.25) is 5.91 Å². The van der Waals surface area contributed by atoms with E-state index in [0.29, 0.717) is 17.7 Å². The summed E-state index contributed by atoms with van der Waals surface area (Å²) in [7, 11) is 0. The van der Waals surface area contributed by atoms with Gasteiger partial charge in [0, 0.05) is 6.04 Å². The van der Waals surface area contributed by atoms with Crippen LogP contribution in [0.15, 0.2) is 17.5 Å². The van der Waals surface area contributed by atoms with Crippen LogP contribution in [0.5, 0.6) is 0 Å². The van der Waals surface area contributed by atoms with Crippen molar-refractivity contribution < 1.29 is 19.5 Å². The van der Waals surface area contributed by atoms with E-state index in [1.54, 1.807) is 17.5 Å². The van der Waals surface area contributed by atoms with Gasteiger partial charge in [-0.25, -0.2) is 0 Å². The van der Waals surface area contributed by atoms with Crippen molar-refractivity contribution in [2.75, 3.05) is 6.54 Å². The standard InChI is InChI=1S/C14H18N2O4S/c17-12(8-15-13(18)11-5-2-6-21-11)16-10-4-1-3-9(7-10)14(19)20/h2,5-6,9-10H,1,3-4,7-8H2,(H,15,18)(H,16,17)(H,19,20). The van der Waals surface area contributed by atoms with Gasteiger partial charge in [0.25, 0.3) is 5.91 Å². The lowest BCUT2D eigenvalue weighted by Crippen LogP contribution is -2.44. The van der Waals surface area contributed by atoms with Gasteiger partial charge in [-0.15, -0.1) is 11.3 Å². The van der Waals surface area contributed by atoms with E-state index in [1.807, 2.05) is 0 Å². The van der Waals surface area contributed by atoms with Gasteiger partial charge in [-0.05, 0) is 30.7 Å². The molecule has 1 aromatic heterocycles. The molecule has 0 spiro atoms. The second-order valence-corrected chi connectivity index (χ2v) is 6.07. The summed E-state index contributed by atoms with van der Waals surface area (Å²) in [5.74, 6) is -1.74. The number of carboxylic acid groups (broad SMARTS) is 1. The van der Waals surface area contributed by atoms with Gasteiger partial charge in [0.15, 0.2) is 0 Å². The summed E-state index contributed by atoms with van der Waals surface area (Å²) in [5.41, 5.74) is 0. The minimum absolute atomic E-state index is 0.0923. The number of nitrogens with one attached hydrogen (secondary N) is 2. The Balaban J connectivity index is 1.74. The largest absolute Gasteiger partial charge is 0.481 e. The van der Waals surface area contributed by atoms with Crippen molar-refractivity contribution in [3.63, 3.8) is 0 Å². The number of thiophene rings is 1. The first-order chi connectivity index (χ1) is 10.1. The zero-order valence-electron chi connectivity index (χ0n) is 11.5. The Morgan fingerprint density at radius 1 is 1.33 bits per heavy atom. The molecule has 2 unspecified atom stereocenters. The van der Waals surface area contributed by atoms with Crippen LogP contribution >= 0.6 is 11.3 Å². The van der Waals surface area contributed by atoms with Gasteiger partial charge in [-0.1, -0.05) is 12.5 Å². The predicted molar refractivity (Wildman–Crippen MR) is 78.2 cm³/mol. The van der Waals surface area contributed by atoms with Crippen LogP contribution in [0.25, 0.3) is 0 Å². The van der Waals surface area contributed by atoms with E-state index in [1.165, 1.54) is 11.3 Å². The molecular formula is C14H18N2O4S. The summed E-state index contributed by atoms with van der Waals surface area (Å²) >= 11 is 1.31. The Hall–Kier alpha value is -1.89. The molecule has 2 rings (SSSR count). The molecule has 7 heteroatoms. The molecule has 0 aliphatic heterocycles. The Morgan fingerprint density at radius 2 is 2.14 bits per heavy atom. The van der Waals surface area contributed by atoms with Crippen LogP contribution in [0.1, 0.15) is 35.4 Å². The van der Waals surface area contributed by atoms with Gasteiger partial charge in [0.05, 0.1) is 17.3 Å². The van der Waals surface area contributed by atoms with Crippen molar-refractivity contribution >= 4 is 29.1 Å². The molecule has 1 aliphatic rings. The van der Waals surface area contributed by atoms with Crippen molar-refractivity contribution in [2.45, 2.75) is 31.7 Å². The van der Waals surface area contributed by atoms with Gasteiger partial charge in [-0.3, -0.25) is 14.4 Å². The zero-order valence-corrected chi connectivity index (χ0v) is 12.3. The molecule has 0 saturated heterocycles. The summed E-state index contributed by atoms with van der Waals surface area (Å²) in [6, 6.07) is 3.34. The number of rotatable bonds is 5. The lowest BCUT2D eigenvalue weighted by atomic mass is 9.86. The number of amides is 2. The molecular weight excluding hydrogens is 292 g/mol. The first-order valence-corrected chi connectivity index (χ1v) is 7.78. The van der Waals surface area contributed by atoms with Crippen LogP contribution in [0.3, 0.4) is 0 Å². The second-order valence-electron chi connectivity index (χ2n) is 5.13. The van der Waals surface area contributed by atoms with Crippen molar-refractivity contribution in [1.29, 1.82) is 0 Å². The lowest BCUT2D eigenvalue weighted by Gasteiger charge is -2.27. The maximum Gasteiger partial charge on any atom is 0.306 e. The van der Waals surface area contributed by atoms with Crippen LogP contribution in [0.4, 0.5) is 0 Å². The molecule has 0 aromatic carbocycles. The number of hydrogen-bond acceptors (Lipinski definition) is 4. The van der Waals surface area contributed by atoms with E-state index < -0.39 is 5.97 Å². The van der Waals surface area contributed by atoms with Gasteiger partial charge >= 0.3 is 5.97 Å². The zero-order chi connectivity index (χ0) is 15.2. The lowest BCUT2D eigenvalue weighted by molar-refractivity contribution is -0.143. The van der Waals surface area contributed by atoms with E-state index in [2.05, 4.69) is 10.6 Å². The molecule has 0 radical (unpaired) electrons. The third kappa shape index (κ3) is 4.56. The molecule has 1 saturated carbocycles. The molecule has 1 aromatic rings. The highest BCUT2D eigenvalue weighted by molar-refractivity contribution is 7.12. The van der Waals surface area contributed by atoms with Crippen LogP contribution < -0.4 is 10.6 Å². The molecule has 1 aliphatic carbocycles. The Kier molecular flexibility index (Phi) is 5.32. The predicted octanol–water partition coefficient (Wildman–Crippen LogP) is 1.24. The summed E-state index contributed by atoms with van der Waals surface area (Å²) < 4.78 is 0. The maximum atomic E-state index is 11.8. The van der Waals surface area contributed by atoms with E-state index in [-0.39, 0.29) is 30.3 Å². The minimum atomic E-state index is -0.806. The summed E-state index contributed by atoms with van der Waals surface area (Å²) in [6.07, 6.45) is 2.70. The van der Waals surface area contributed by atoms with Crippen LogP contribution in [0.2, 0.25) is 0 Å². The fourth-order valence-corrected chi connectivity index (χ4v) is 3.12. The molecule has 2 atom stereocenters. The van der Waals surface area contributed by atoms with Crippen LogP contribution in [-0.2, 0) is 9.59 Å². The molecule has 6 nitrogen and oxygen atoms in total. The molecule has 1 fully saturated rings. The Bertz CT molecular complexity index is 515. The normalized spacial score (nSPS) is 21.5. The fourth-order valence-electron chi connectivity index (χ4n) is 2.48. The highest BCUT2D eigenvalue weighted by atomic mass is 32.1. The van der Waals surface area contributed by atoms with E-state index in [0.717, 1.165) is 12.8 Å². The molecule has 114 valence electrons. The third-order valence-corrected chi connectivity index (χ3v) is 4.41. The van der Waals surface area contributed by atoms with E-state index >= 15 is 0 Å². The van der Waals surface area contributed by atoms with Gasteiger partial charge in [-0.2, -0.15) is 0 Å². The summed E-state index contributed by atoms with van der Waals surface area (Å²) in [6.45, 7) is -0.0923. The fraction of sp³-hybridized carbons (Fsp3) is 0.500. The molecule has 0 bridgehead atoms. The smallest absolute Gasteiger partial charge is 0.306 e. The van der Waals surface area contributed by atoms with Crippen molar-refractivity contribution in [3.8, 4) is 0 Å². The number of hydrogen-bond donors (Lipinski definition) is 3. The van der Waals surface area contributed by atoms with Crippen molar-refractivity contribution in [1.82, 2.24) is 10.6 Å². The summed E-state index contributed by atoms with van der Waals surface area (Å²) in [5, 5.41) is 16.1. The average Bonchev–Trinajstić information content (AvgIpc) is 2.99. The summed E-state index contributed by atoms with van der Waals surface area (Å²) in [4.78, 5) is 35.0. The van der Waals surface area contributed by atoms with Gasteiger partial charge < -0.3 is 15.7 Å². The topological polar surface area (TPSA) is 95.5 Å². The van der Waals surface area contributed by atoms with E-state index in [4.69, 9.17) is 5.11 Å². The first kappa shape index (κ1) is 15.5. The minimum Gasteiger partial charge on any atom is -0.481 e. The molecule has 3 N–H and O–H groups in total. The Morgan fingerprint density at radius 3 is 2.81 bits per heavy atom. The number of carboxylic acids is 1. The van der Waals surface area contributed by atoms with Crippen molar-refractivity contribution in [3.05, 3.63) is 22.4 Å².